The molecule has 0 atom stereocenters. The molecule has 0 radical (unpaired) electrons. The number of hydrogen-bond acceptors (Lipinski definition) is 7. The molecule has 5 rings (SSSR count). The summed E-state index contributed by atoms with van der Waals surface area (Å²) in [5.41, 5.74) is 3.81. The molecular weight excluding hydrogens is 438 g/mol. The number of hydrogen-bond donors (Lipinski definition) is 1. The van der Waals surface area contributed by atoms with E-state index in [2.05, 4.69) is 33.5 Å². The lowest BCUT2D eigenvalue weighted by Gasteiger charge is -2.27. The lowest BCUT2D eigenvalue weighted by Crippen LogP contribution is -2.37. The molecule has 1 saturated heterocycles. The number of benzene rings is 2. The molecule has 2 aromatic carbocycles. The van der Waals surface area contributed by atoms with Gasteiger partial charge in [-0.1, -0.05) is 17.7 Å². The van der Waals surface area contributed by atoms with Crippen LogP contribution in [-0.2, 0) is 11.8 Å². The third kappa shape index (κ3) is 4.44. The van der Waals surface area contributed by atoms with Gasteiger partial charge in [-0.3, -0.25) is 4.68 Å². The summed E-state index contributed by atoms with van der Waals surface area (Å²) in [6.45, 7) is 2.86. The van der Waals surface area contributed by atoms with Gasteiger partial charge in [0.2, 0.25) is 5.95 Å². The van der Waals surface area contributed by atoms with E-state index < -0.39 is 0 Å². The first kappa shape index (κ1) is 21.5. The van der Waals surface area contributed by atoms with Crippen molar-refractivity contribution in [1.29, 1.82) is 0 Å². The number of rotatable bonds is 5. The Hall–Kier alpha value is -3.36. The number of nitrogens with one attached hydrogen (secondary N) is 1. The first-order valence-corrected chi connectivity index (χ1v) is 11.2. The second-order valence-electron chi connectivity index (χ2n) is 8.24. The Morgan fingerprint density at radius 1 is 1.00 bits per heavy atom. The van der Waals surface area contributed by atoms with E-state index in [1.54, 1.807) is 0 Å². The Morgan fingerprint density at radius 3 is 2.48 bits per heavy atom. The second-order valence-corrected chi connectivity index (χ2v) is 8.68. The maximum absolute atomic E-state index is 6.05. The summed E-state index contributed by atoms with van der Waals surface area (Å²) in [6.07, 6.45) is 0. The van der Waals surface area contributed by atoms with E-state index in [4.69, 9.17) is 26.3 Å². The highest BCUT2D eigenvalue weighted by atomic mass is 35.5. The zero-order chi connectivity index (χ0) is 22.9. The van der Waals surface area contributed by atoms with Crippen LogP contribution < -0.4 is 15.1 Å². The summed E-state index contributed by atoms with van der Waals surface area (Å²) in [5, 5.41) is 9.86. The second kappa shape index (κ2) is 8.88. The summed E-state index contributed by atoms with van der Waals surface area (Å²) >= 11 is 6.05. The van der Waals surface area contributed by atoms with Gasteiger partial charge < -0.3 is 19.9 Å². The fourth-order valence-electron chi connectivity index (χ4n) is 3.96. The van der Waals surface area contributed by atoms with Gasteiger partial charge in [0.25, 0.3) is 0 Å². The molecule has 0 aliphatic carbocycles. The lowest BCUT2D eigenvalue weighted by molar-refractivity contribution is 0.122. The molecule has 3 heterocycles. The number of morpholine rings is 1. The number of aryl methyl sites for hydroxylation is 1. The summed E-state index contributed by atoms with van der Waals surface area (Å²) in [7, 11) is 5.97. The van der Waals surface area contributed by atoms with Crippen molar-refractivity contribution in [3.05, 3.63) is 53.6 Å². The monoisotopic (exact) mass is 463 g/mol. The first-order chi connectivity index (χ1) is 16.0. The Kier molecular flexibility index (Phi) is 5.78. The number of aromatic nitrogens is 4. The van der Waals surface area contributed by atoms with Gasteiger partial charge in [-0.25, -0.2) is 4.98 Å². The predicted octanol–water partition coefficient (Wildman–Crippen LogP) is 4.33. The van der Waals surface area contributed by atoms with E-state index in [0.717, 1.165) is 52.6 Å². The molecule has 33 heavy (non-hydrogen) atoms. The SMILES string of the molecule is CN(C)c1nn(C)c2cc(-c3cc(Nc4ccc(Cl)cc4)nc(N4CCOCC4)n3)ccc12. The number of ether oxygens (including phenoxy) is 1. The fraction of sp³-hybridized carbons (Fsp3) is 0.292. The molecule has 1 fully saturated rings. The Bertz CT molecular complexity index is 1280. The van der Waals surface area contributed by atoms with Crippen LogP contribution in [0.2, 0.25) is 5.02 Å². The Morgan fingerprint density at radius 2 is 1.76 bits per heavy atom. The molecule has 1 aliphatic heterocycles. The van der Waals surface area contributed by atoms with Crippen LogP contribution in [0.5, 0.6) is 0 Å². The summed E-state index contributed by atoms with van der Waals surface area (Å²) in [4.78, 5) is 13.9. The zero-order valence-corrected chi connectivity index (χ0v) is 19.7. The molecule has 0 unspecified atom stereocenters. The molecule has 1 N–H and O–H groups in total. The molecule has 0 bridgehead atoms. The van der Waals surface area contributed by atoms with Gasteiger partial charge in [-0.2, -0.15) is 10.1 Å². The maximum atomic E-state index is 6.05. The van der Waals surface area contributed by atoms with E-state index in [1.807, 2.05) is 61.1 Å². The minimum absolute atomic E-state index is 0.668. The van der Waals surface area contributed by atoms with Gasteiger partial charge >= 0.3 is 0 Å². The van der Waals surface area contributed by atoms with Crippen LogP contribution in [0.1, 0.15) is 0 Å². The van der Waals surface area contributed by atoms with Crippen LogP contribution in [0.15, 0.2) is 48.5 Å². The zero-order valence-electron chi connectivity index (χ0n) is 18.9. The number of fused-ring (bicyclic) bond motifs is 1. The third-order valence-electron chi connectivity index (χ3n) is 5.68. The molecule has 9 heteroatoms. The topological polar surface area (TPSA) is 71.3 Å². The minimum Gasteiger partial charge on any atom is -0.378 e. The number of anilines is 4. The quantitative estimate of drug-likeness (QED) is 0.472. The van der Waals surface area contributed by atoms with Crippen LogP contribution in [0.4, 0.5) is 23.3 Å². The highest BCUT2D eigenvalue weighted by Crippen LogP contribution is 2.31. The van der Waals surface area contributed by atoms with Crippen molar-refractivity contribution in [3.63, 3.8) is 0 Å². The van der Waals surface area contributed by atoms with Gasteiger partial charge in [0, 0.05) is 62.0 Å². The summed E-state index contributed by atoms with van der Waals surface area (Å²) in [6, 6.07) is 15.9. The van der Waals surface area contributed by atoms with Crippen molar-refractivity contribution in [2.75, 3.05) is 55.5 Å². The summed E-state index contributed by atoms with van der Waals surface area (Å²) in [5.74, 6) is 2.36. The Balaban J connectivity index is 1.58. The van der Waals surface area contributed by atoms with Crippen LogP contribution in [-0.4, -0.2) is 60.1 Å². The van der Waals surface area contributed by atoms with E-state index in [0.29, 0.717) is 24.2 Å². The average molecular weight is 464 g/mol. The molecule has 1 aliphatic rings. The van der Waals surface area contributed by atoms with Gasteiger partial charge in [0.15, 0.2) is 5.82 Å². The van der Waals surface area contributed by atoms with Crippen molar-refractivity contribution >= 4 is 45.8 Å². The predicted molar refractivity (Wildman–Crippen MR) is 134 cm³/mol. The summed E-state index contributed by atoms with van der Waals surface area (Å²) < 4.78 is 7.42. The van der Waals surface area contributed by atoms with Crippen LogP contribution >= 0.6 is 11.6 Å². The molecule has 4 aromatic rings. The van der Waals surface area contributed by atoms with Crippen molar-refractivity contribution in [2.45, 2.75) is 0 Å². The average Bonchev–Trinajstić information content (AvgIpc) is 3.17. The van der Waals surface area contributed by atoms with E-state index in [1.165, 1.54) is 0 Å². The molecular formula is C24H26ClN7O. The van der Waals surface area contributed by atoms with E-state index >= 15 is 0 Å². The molecule has 0 amide bonds. The van der Waals surface area contributed by atoms with E-state index in [9.17, 15) is 0 Å². The third-order valence-corrected chi connectivity index (χ3v) is 5.93. The van der Waals surface area contributed by atoms with Gasteiger partial charge in [0.05, 0.1) is 24.4 Å². The van der Waals surface area contributed by atoms with Crippen molar-refractivity contribution in [3.8, 4) is 11.3 Å². The lowest BCUT2D eigenvalue weighted by atomic mass is 10.1. The highest BCUT2D eigenvalue weighted by molar-refractivity contribution is 6.30. The van der Waals surface area contributed by atoms with Gasteiger partial charge in [-0.15, -0.1) is 0 Å². The van der Waals surface area contributed by atoms with Crippen LogP contribution in [0, 0.1) is 0 Å². The molecule has 2 aromatic heterocycles. The normalized spacial score (nSPS) is 14.0. The maximum Gasteiger partial charge on any atom is 0.228 e. The molecule has 0 saturated carbocycles. The highest BCUT2D eigenvalue weighted by Gasteiger charge is 2.18. The van der Waals surface area contributed by atoms with Crippen molar-refractivity contribution < 1.29 is 4.74 Å². The Labute approximate surface area is 197 Å². The minimum atomic E-state index is 0.668. The standard InChI is InChI=1S/C24H26ClN7O/c1-30(2)23-19-9-4-16(14-21(19)31(3)29-23)20-15-22(26-18-7-5-17(25)6-8-18)28-24(27-20)32-10-12-33-13-11-32/h4-9,14-15H,10-13H2,1-3H3,(H,26,27,28). The van der Waals surface area contributed by atoms with E-state index in [-0.39, 0.29) is 0 Å². The molecule has 0 spiro atoms. The van der Waals surface area contributed by atoms with Crippen LogP contribution in [0.3, 0.4) is 0 Å². The van der Waals surface area contributed by atoms with Gasteiger partial charge in [-0.05, 0) is 36.4 Å². The fourth-order valence-corrected chi connectivity index (χ4v) is 4.09. The first-order valence-electron chi connectivity index (χ1n) is 10.9. The van der Waals surface area contributed by atoms with Crippen LogP contribution in [0.25, 0.3) is 22.2 Å². The largest absolute Gasteiger partial charge is 0.378 e. The van der Waals surface area contributed by atoms with Crippen molar-refractivity contribution in [1.82, 2.24) is 19.7 Å². The molecule has 8 nitrogen and oxygen atoms in total. The van der Waals surface area contributed by atoms with Crippen molar-refractivity contribution in [2.24, 2.45) is 7.05 Å². The number of halogens is 1. The van der Waals surface area contributed by atoms with Gasteiger partial charge in [0.1, 0.15) is 5.82 Å². The number of nitrogens with zero attached hydrogens (tertiary/aromatic N) is 6. The molecule has 170 valence electrons. The smallest absolute Gasteiger partial charge is 0.228 e.